The van der Waals surface area contributed by atoms with Gasteiger partial charge in [0.2, 0.25) is 0 Å². The minimum Gasteiger partial charge on any atom is -0.384 e. The van der Waals surface area contributed by atoms with Crippen LogP contribution >= 0.6 is 11.8 Å². The predicted molar refractivity (Wildman–Crippen MR) is 76.4 cm³/mol. The summed E-state index contributed by atoms with van der Waals surface area (Å²) in [5, 5.41) is 14.8. The number of benzene rings is 1. The Bertz CT molecular complexity index is 431. The van der Waals surface area contributed by atoms with Gasteiger partial charge < -0.3 is 5.32 Å². The molecule has 1 unspecified atom stereocenters. The number of thioether (sulfide) groups is 1. The second kappa shape index (κ2) is 6.09. The summed E-state index contributed by atoms with van der Waals surface area (Å²) in [6.45, 7) is 2.70. The molecule has 1 aromatic rings. The standard InChI is InChI=1S/C13H18N2O2S/c1-10-12(6-4-7-13(10)15(16)17)14-9-11-5-2-3-8-18-11/h4,6-7,11,14H,2-3,5,8-9H2,1H3. The SMILES string of the molecule is Cc1c(NCC2CCCCS2)cccc1[N+](=O)[O-]. The van der Waals surface area contributed by atoms with Crippen molar-refractivity contribution in [3.63, 3.8) is 0 Å². The minimum atomic E-state index is -0.324. The van der Waals surface area contributed by atoms with Gasteiger partial charge in [-0.05, 0) is 31.6 Å². The number of rotatable bonds is 4. The van der Waals surface area contributed by atoms with Gasteiger partial charge in [-0.2, -0.15) is 11.8 Å². The molecule has 1 fully saturated rings. The molecule has 0 radical (unpaired) electrons. The van der Waals surface area contributed by atoms with Crippen molar-refractivity contribution in [2.24, 2.45) is 0 Å². The van der Waals surface area contributed by atoms with E-state index in [1.54, 1.807) is 19.1 Å². The largest absolute Gasteiger partial charge is 0.384 e. The molecule has 1 aliphatic heterocycles. The molecule has 0 aliphatic carbocycles. The molecule has 4 nitrogen and oxygen atoms in total. The van der Waals surface area contributed by atoms with Crippen LogP contribution in [0, 0.1) is 17.0 Å². The molecule has 1 aromatic carbocycles. The Morgan fingerprint density at radius 1 is 1.50 bits per heavy atom. The van der Waals surface area contributed by atoms with Gasteiger partial charge in [0, 0.05) is 29.1 Å². The van der Waals surface area contributed by atoms with Gasteiger partial charge >= 0.3 is 0 Å². The lowest BCUT2D eigenvalue weighted by Gasteiger charge is -2.22. The monoisotopic (exact) mass is 266 g/mol. The predicted octanol–water partition coefficient (Wildman–Crippen LogP) is 3.60. The third-order valence-corrected chi connectivity index (χ3v) is 4.69. The third kappa shape index (κ3) is 3.16. The van der Waals surface area contributed by atoms with Crippen molar-refractivity contribution < 1.29 is 4.92 Å². The third-order valence-electron chi connectivity index (χ3n) is 3.30. The average Bonchev–Trinajstić information content (AvgIpc) is 2.38. The summed E-state index contributed by atoms with van der Waals surface area (Å²) in [7, 11) is 0. The summed E-state index contributed by atoms with van der Waals surface area (Å²) in [5.74, 6) is 1.24. The van der Waals surface area contributed by atoms with Crippen LogP contribution in [0.25, 0.3) is 0 Å². The number of hydrogen-bond donors (Lipinski definition) is 1. The van der Waals surface area contributed by atoms with Crippen LogP contribution in [0.15, 0.2) is 18.2 Å². The van der Waals surface area contributed by atoms with Crippen LogP contribution in [0.3, 0.4) is 0 Å². The van der Waals surface area contributed by atoms with E-state index in [-0.39, 0.29) is 10.6 Å². The molecule has 0 spiro atoms. The number of nitro benzene ring substituents is 1. The van der Waals surface area contributed by atoms with E-state index in [0.29, 0.717) is 5.25 Å². The van der Waals surface area contributed by atoms with Crippen molar-refractivity contribution in [1.29, 1.82) is 0 Å². The molecule has 1 heterocycles. The summed E-state index contributed by atoms with van der Waals surface area (Å²) in [4.78, 5) is 10.5. The van der Waals surface area contributed by atoms with Crippen molar-refractivity contribution in [3.05, 3.63) is 33.9 Å². The summed E-state index contributed by atoms with van der Waals surface area (Å²) in [6, 6.07) is 5.20. The Labute approximate surface area is 111 Å². The van der Waals surface area contributed by atoms with E-state index < -0.39 is 0 Å². The lowest BCUT2D eigenvalue weighted by atomic mass is 10.1. The van der Waals surface area contributed by atoms with Gasteiger partial charge in [-0.25, -0.2) is 0 Å². The molecule has 0 aromatic heterocycles. The molecule has 2 rings (SSSR count). The Hall–Kier alpha value is -1.23. The molecule has 0 saturated carbocycles. The fraction of sp³-hybridized carbons (Fsp3) is 0.538. The van der Waals surface area contributed by atoms with Crippen LogP contribution in [0.2, 0.25) is 0 Å². The van der Waals surface area contributed by atoms with E-state index in [2.05, 4.69) is 5.32 Å². The molecule has 1 aliphatic rings. The van der Waals surface area contributed by atoms with Crippen molar-refractivity contribution in [3.8, 4) is 0 Å². The molecule has 98 valence electrons. The first-order chi connectivity index (χ1) is 8.68. The van der Waals surface area contributed by atoms with Gasteiger partial charge in [-0.1, -0.05) is 12.5 Å². The zero-order valence-corrected chi connectivity index (χ0v) is 11.3. The Kier molecular flexibility index (Phi) is 4.47. The maximum atomic E-state index is 10.9. The Morgan fingerprint density at radius 3 is 3.00 bits per heavy atom. The molecule has 0 bridgehead atoms. The maximum absolute atomic E-state index is 10.9. The van der Waals surface area contributed by atoms with E-state index in [1.807, 2.05) is 17.8 Å². The summed E-state index contributed by atoms with van der Waals surface area (Å²) < 4.78 is 0. The highest BCUT2D eigenvalue weighted by Crippen LogP contribution is 2.28. The zero-order valence-electron chi connectivity index (χ0n) is 10.5. The molecule has 1 N–H and O–H groups in total. The summed E-state index contributed by atoms with van der Waals surface area (Å²) in [6.07, 6.45) is 3.86. The topological polar surface area (TPSA) is 55.2 Å². The van der Waals surface area contributed by atoms with Gasteiger partial charge in [0.1, 0.15) is 0 Å². The lowest BCUT2D eigenvalue weighted by Crippen LogP contribution is -2.20. The number of nitrogens with zero attached hydrogens (tertiary/aromatic N) is 1. The van der Waals surface area contributed by atoms with Gasteiger partial charge in [0.05, 0.1) is 4.92 Å². The highest BCUT2D eigenvalue weighted by Gasteiger charge is 2.16. The minimum absolute atomic E-state index is 0.191. The van der Waals surface area contributed by atoms with Crippen molar-refractivity contribution in [1.82, 2.24) is 0 Å². The van der Waals surface area contributed by atoms with E-state index in [1.165, 1.54) is 25.0 Å². The maximum Gasteiger partial charge on any atom is 0.274 e. The molecule has 18 heavy (non-hydrogen) atoms. The first-order valence-corrected chi connectivity index (χ1v) is 7.33. The van der Waals surface area contributed by atoms with Gasteiger partial charge in [-0.3, -0.25) is 10.1 Å². The second-order valence-corrected chi connectivity index (χ2v) is 5.98. The average molecular weight is 266 g/mol. The smallest absolute Gasteiger partial charge is 0.274 e. The summed E-state index contributed by atoms with van der Waals surface area (Å²) >= 11 is 2.00. The highest BCUT2D eigenvalue weighted by atomic mass is 32.2. The van der Waals surface area contributed by atoms with Crippen molar-refractivity contribution >= 4 is 23.1 Å². The molecular weight excluding hydrogens is 248 g/mol. The van der Waals surface area contributed by atoms with Gasteiger partial charge in [0.15, 0.2) is 0 Å². The van der Waals surface area contributed by atoms with Crippen LogP contribution in [0.4, 0.5) is 11.4 Å². The van der Waals surface area contributed by atoms with Crippen LogP contribution in [0.5, 0.6) is 0 Å². The first kappa shape index (κ1) is 13.2. The fourth-order valence-electron chi connectivity index (χ4n) is 2.20. The van der Waals surface area contributed by atoms with Crippen LogP contribution < -0.4 is 5.32 Å². The van der Waals surface area contributed by atoms with Crippen LogP contribution in [-0.2, 0) is 0 Å². The van der Waals surface area contributed by atoms with Gasteiger partial charge in [-0.15, -0.1) is 0 Å². The molecule has 0 amide bonds. The van der Waals surface area contributed by atoms with E-state index in [9.17, 15) is 10.1 Å². The normalized spacial score (nSPS) is 19.5. The molecule has 5 heteroatoms. The van der Waals surface area contributed by atoms with Crippen molar-refractivity contribution in [2.75, 3.05) is 17.6 Å². The number of nitrogens with one attached hydrogen (secondary N) is 1. The first-order valence-electron chi connectivity index (χ1n) is 6.28. The fourth-order valence-corrected chi connectivity index (χ4v) is 3.44. The zero-order chi connectivity index (χ0) is 13.0. The quantitative estimate of drug-likeness (QED) is 0.668. The van der Waals surface area contributed by atoms with Gasteiger partial charge in [0.25, 0.3) is 5.69 Å². The Balaban J connectivity index is 2.00. The molecule has 1 saturated heterocycles. The molecule has 1 atom stereocenters. The summed E-state index contributed by atoms with van der Waals surface area (Å²) in [5.41, 5.74) is 1.80. The van der Waals surface area contributed by atoms with Crippen LogP contribution in [-0.4, -0.2) is 22.5 Å². The van der Waals surface area contributed by atoms with E-state index >= 15 is 0 Å². The van der Waals surface area contributed by atoms with E-state index in [0.717, 1.165) is 17.8 Å². The molecular formula is C13H18N2O2S. The highest BCUT2D eigenvalue weighted by molar-refractivity contribution is 7.99. The Morgan fingerprint density at radius 2 is 2.33 bits per heavy atom. The van der Waals surface area contributed by atoms with Crippen LogP contribution in [0.1, 0.15) is 24.8 Å². The number of nitro groups is 1. The van der Waals surface area contributed by atoms with Crippen molar-refractivity contribution in [2.45, 2.75) is 31.4 Å². The second-order valence-electron chi connectivity index (χ2n) is 4.58. The number of hydrogen-bond acceptors (Lipinski definition) is 4. The number of anilines is 1. The van der Waals surface area contributed by atoms with E-state index in [4.69, 9.17) is 0 Å². The lowest BCUT2D eigenvalue weighted by molar-refractivity contribution is -0.385.